The molecule has 3 N–H and O–H groups in total. The van der Waals surface area contributed by atoms with Crippen molar-refractivity contribution in [3.05, 3.63) is 40.4 Å². The van der Waals surface area contributed by atoms with Crippen LogP contribution in [0.15, 0.2) is 23.6 Å². The lowest BCUT2D eigenvalue weighted by Crippen LogP contribution is -2.18. The molecule has 1 unspecified atom stereocenters. The number of anilines is 1. The van der Waals surface area contributed by atoms with Crippen molar-refractivity contribution in [2.45, 2.75) is 26.8 Å². The minimum absolute atomic E-state index is 0.0229. The molecule has 0 saturated heterocycles. The van der Waals surface area contributed by atoms with Gasteiger partial charge in [-0.05, 0) is 38.1 Å². The fourth-order valence-electron chi connectivity index (χ4n) is 1.95. The van der Waals surface area contributed by atoms with E-state index in [2.05, 4.69) is 15.6 Å². The number of hydrogen-bond acceptors (Lipinski definition) is 5. The molecule has 0 aliphatic rings. The Morgan fingerprint density at radius 3 is 2.90 bits per heavy atom. The molecule has 21 heavy (non-hydrogen) atoms. The highest BCUT2D eigenvalue weighted by Gasteiger charge is 2.14. The summed E-state index contributed by atoms with van der Waals surface area (Å²) < 4.78 is 0. The number of nitrogens with zero attached hydrogens (tertiary/aromatic N) is 1. The Bertz CT molecular complexity index is 640. The van der Waals surface area contributed by atoms with Crippen LogP contribution in [-0.4, -0.2) is 22.5 Å². The van der Waals surface area contributed by atoms with Crippen LogP contribution in [0.4, 0.5) is 5.13 Å². The molecule has 0 radical (unpaired) electrons. The summed E-state index contributed by atoms with van der Waals surface area (Å²) in [5.74, 6) is -0.380. The second kappa shape index (κ2) is 6.69. The highest BCUT2D eigenvalue weighted by molar-refractivity contribution is 7.14. The molecular formula is C15H19N3O2S. The largest absolute Gasteiger partial charge is 0.507 e. The Balaban J connectivity index is 2.09. The van der Waals surface area contributed by atoms with Gasteiger partial charge in [0.2, 0.25) is 0 Å². The smallest absolute Gasteiger partial charge is 0.261 e. The molecule has 0 fully saturated rings. The Kier molecular flexibility index (Phi) is 4.93. The number of phenols is 1. The van der Waals surface area contributed by atoms with Gasteiger partial charge in [0, 0.05) is 11.4 Å². The summed E-state index contributed by atoms with van der Waals surface area (Å²) in [5, 5.41) is 18.2. The second-order valence-electron chi connectivity index (χ2n) is 4.83. The Morgan fingerprint density at radius 1 is 1.48 bits per heavy atom. The summed E-state index contributed by atoms with van der Waals surface area (Å²) >= 11 is 1.37. The lowest BCUT2D eigenvalue weighted by Gasteiger charge is -2.08. The third kappa shape index (κ3) is 3.80. The molecule has 2 rings (SSSR count). The van der Waals surface area contributed by atoms with Gasteiger partial charge >= 0.3 is 0 Å². The van der Waals surface area contributed by atoms with Crippen molar-refractivity contribution in [3.63, 3.8) is 0 Å². The molecule has 2 aromatic rings. The van der Waals surface area contributed by atoms with Gasteiger partial charge in [-0.25, -0.2) is 4.98 Å². The summed E-state index contributed by atoms with van der Waals surface area (Å²) in [6, 6.07) is 5.10. The molecule has 1 heterocycles. The fraction of sp³-hybridized carbons (Fsp3) is 0.333. The average Bonchev–Trinajstić information content (AvgIpc) is 2.87. The van der Waals surface area contributed by atoms with E-state index in [4.69, 9.17) is 0 Å². The summed E-state index contributed by atoms with van der Waals surface area (Å²) in [4.78, 5) is 16.5. The van der Waals surface area contributed by atoms with Gasteiger partial charge in [-0.2, -0.15) is 0 Å². The molecule has 5 nitrogen and oxygen atoms in total. The topological polar surface area (TPSA) is 74.2 Å². The predicted octanol–water partition coefficient (Wildman–Crippen LogP) is 3.08. The number of phenolic OH excluding ortho intramolecular Hbond substituents is 1. The number of nitrogens with one attached hydrogen (secondary N) is 2. The molecule has 6 heteroatoms. The van der Waals surface area contributed by atoms with Gasteiger partial charge in [0.15, 0.2) is 5.13 Å². The number of rotatable bonds is 5. The van der Waals surface area contributed by atoms with Crippen LogP contribution < -0.4 is 10.6 Å². The number of aromatic nitrogens is 1. The van der Waals surface area contributed by atoms with Crippen LogP contribution in [0.5, 0.6) is 5.75 Å². The SMILES string of the molecule is CCNC(C)c1csc(NC(=O)c2ccc(C)cc2O)n1. The number of hydrogen-bond donors (Lipinski definition) is 3. The Morgan fingerprint density at radius 2 is 2.24 bits per heavy atom. The van der Waals surface area contributed by atoms with Crippen LogP contribution in [-0.2, 0) is 0 Å². The maximum absolute atomic E-state index is 12.1. The Hall–Kier alpha value is -1.92. The average molecular weight is 305 g/mol. The molecule has 1 aromatic heterocycles. The maximum atomic E-state index is 12.1. The lowest BCUT2D eigenvalue weighted by molar-refractivity contribution is 0.102. The maximum Gasteiger partial charge on any atom is 0.261 e. The van der Waals surface area contributed by atoms with E-state index >= 15 is 0 Å². The van der Waals surface area contributed by atoms with Crippen LogP contribution in [0.1, 0.15) is 41.5 Å². The van der Waals surface area contributed by atoms with Crippen molar-refractivity contribution in [1.29, 1.82) is 0 Å². The number of benzene rings is 1. The zero-order valence-corrected chi connectivity index (χ0v) is 13.1. The summed E-state index contributed by atoms with van der Waals surface area (Å²) in [6.45, 7) is 6.77. The van der Waals surface area contributed by atoms with Crippen LogP contribution >= 0.6 is 11.3 Å². The molecule has 112 valence electrons. The van der Waals surface area contributed by atoms with E-state index in [9.17, 15) is 9.90 Å². The van der Waals surface area contributed by atoms with E-state index in [1.807, 2.05) is 26.2 Å². The van der Waals surface area contributed by atoms with Crippen molar-refractivity contribution in [3.8, 4) is 5.75 Å². The number of carbonyl (C=O) groups excluding carboxylic acids is 1. The van der Waals surface area contributed by atoms with Gasteiger partial charge in [-0.1, -0.05) is 13.0 Å². The van der Waals surface area contributed by atoms with E-state index in [-0.39, 0.29) is 23.3 Å². The van der Waals surface area contributed by atoms with Crippen molar-refractivity contribution in [2.24, 2.45) is 0 Å². The zero-order chi connectivity index (χ0) is 15.4. The molecule has 0 aliphatic heterocycles. The molecule has 0 saturated carbocycles. The fourth-order valence-corrected chi connectivity index (χ4v) is 2.75. The van der Waals surface area contributed by atoms with E-state index in [0.717, 1.165) is 17.8 Å². The van der Waals surface area contributed by atoms with E-state index in [1.165, 1.54) is 11.3 Å². The first-order valence-corrected chi connectivity index (χ1v) is 7.69. The minimum Gasteiger partial charge on any atom is -0.507 e. The molecule has 1 amide bonds. The highest BCUT2D eigenvalue weighted by Crippen LogP contribution is 2.23. The van der Waals surface area contributed by atoms with Crippen molar-refractivity contribution in [2.75, 3.05) is 11.9 Å². The van der Waals surface area contributed by atoms with Crippen LogP contribution in [0.25, 0.3) is 0 Å². The van der Waals surface area contributed by atoms with Crippen LogP contribution in [0.3, 0.4) is 0 Å². The predicted molar refractivity (Wildman–Crippen MR) is 85.0 cm³/mol. The third-order valence-electron chi connectivity index (χ3n) is 3.09. The standard InChI is InChI=1S/C15H19N3O2S/c1-4-16-10(3)12-8-21-15(17-12)18-14(20)11-6-5-9(2)7-13(11)19/h5-8,10,16,19H,4H2,1-3H3,(H,17,18,20). The van der Waals surface area contributed by atoms with E-state index < -0.39 is 0 Å². The normalized spacial score (nSPS) is 12.1. The van der Waals surface area contributed by atoms with Crippen molar-refractivity contribution >= 4 is 22.4 Å². The van der Waals surface area contributed by atoms with Crippen LogP contribution in [0.2, 0.25) is 0 Å². The lowest BCUT2D eigenvalue weighted by atomic mass is 10.1. The number of aryl methyl sites for hydroxylation is 1. The number of carbonyl (C=O) groups is 1. The molecule has 1 aromatic carbocycles. The van der Waals surface area contributed by atoms with Gasteiger partial charge in [0.25, 0.3) is 5.91 Å². The number of aromatic hydroxyl groups is 1. The Labute approximate surface area is 128 Å². The summed E-state index contributed by atoms with van der Waals surface area (Å²) in [6.07, 6.45) is 0. The first-order chi connectivity index (χ1) is 10.0. The highest BCUT2D eigenvalue weighted by atomic mass is 32.1. The van der Waals surface area contributed by atoms with Gasteiger partial charge in [-0.3, -0.25) is 10.1 Å². The van der Waals surface area contributed by atoms with Crippen molar-refractivity contribution in [1.82, 2.24) is 10.3 Å². The third-order valence-corrected chi connectivity index (χ3v) is 3.87. The van der Waals surface area contributed by atoms with Crippen molar-refractivity contribution < 1.29 is 9.90 Å². The van der Waals surface area contributed by atoms with Gasteiger partial charge in [-0.15, -0.1) is 11.3 Å². The molecule has 0 spiro atoms. The molecular weight excluding hydrogens is 286 g/mol. The quantitative estimate of drug-likeness (QED) is 0.793. The zero-order valence-electron chi connectivity index (χ0n) is 12.3. The monoisotopic (exact) mass is 305 g/mol. The second-order valence-corrected chi connectivity index (χ2v) is 5.69. The summed E-state index contributed by atoms with van der Waals surface area (Å²) in [5.41, 5.74) is 2.04. The minimum atomic E-state index is -0.357. The van der Waals surface area contributed by atoms with E-state index in [0.29, 0.717) is 5.13 Å². The first-order valence-electron chi connectivity index (χ1n) is 6.81. The van der Waals surface area contributed by atoms with Gasteiger partial charge in [0.05, 0.1) is 11.3 Å². The molecule has 0 aliphatic carbocycles. The number of amides is 1. The van der Waals surface area contributed by atoms with E-state index in [1.54, 1.807) is 18.2 Å². The molecule has 1 atom stereocenters. The van der Waals surface area contributed by atoms with Gasteiger partial charge < -0.3 is 10.4 Å². The summed E-state index contributed by atoms with van der Waals surface area (Å²) in [7, 11) is 0. The van der Waals surface area contributed by atoms with Gasteiger partial charge in [0.1, 0.15) is 5.75 Å². The molecule has 0 bridgehead atoms. The first kappa shape index (κ1) is 15.5. The van der Waals surface area contributed by atoms with Crippen LogP contribution in [0, 0.1) is 6.92 Å². The number of thiazole rings is 1.